The fourth-order valence-corrected chi connectivity index (χ4v) is 3.88. The van der Waals surface area contributed by atoms with Crippen LogP contribution in [0.2, 0.25) is 0 Å². The number of aromatic nitrogens is 3. The molecule has 5 rings (SSSR count). The number of imidazole rings is 1. The molecule has 1 aliphatic rings. The fraction of sp³-hybridized carbons (Fsp3) is 0.208. The molecule has 0 bridgehead atoms. The molecule has 0 spiro atoms. The Balaban J connectivity index is 0.00000245. The summed E-state index contributed by atoms with van der Waals surface area (Å²) in [6.07, 6.45) is 3.72. The molecule has 1 saturated heterocycles. The van der Waals surface area contributed by atoms with Gasteiger partial charge in [0.25, 0.3) is 0 Å². The van der Waals surface area contributed by atoms with Crippen molar-refractivity contribution in [2.75, 3.05) is 31.2 Å². The van der Waals surface area contributed by atoms with Crippen LogP contribution in [0, 0.1) is 0 Å². The molecule has 0 atom stereocenters. The van der Waals surface area contributed by atoms with Gasteiger partial charge < -0.3 is 14.7 Å². The molecule has 0 amide bonds. The number of carboxylic acid groups (broad SMARTS) is 1. The first-order chi connectivity index (χ1) is 15.2. The summed E-state index contributed by atoms with van der Waals surface area (Å²) in [4.78, 5) is 22.3. The number of hydrogen-bond donors (Lipinski definition) is 1. The molecular weight excluding hydrogens is 399 g/mol. The van der Waals surface area contributed by atoms with Gasteiger partial charge in [0, 0.05) is 30.5 Å². The quantitative estimate of drug-likeness (QED) is 0.498. The number of ether oxygens (including phenoxy) is 1. The second kappa shape index (κ2) is 9.57. The van der Waals surface area contributed by atoms with Crippen LogP contribution in [0.5, 0.6) is 0 Å². The van der Waals surface area contributed by atoms with Crippen molar-refractivity contribution >= 4 is 41.7 Å². The first-order valence-corrected chi connectivity index (χ1v) is 10.2. The van der Waals surface area contributed by atoms with Crippen molar-refractivity contribution in [2.24, 2.45) is 0 Å². The van der Waals surface area contributed by atoms with E-state index in [1.54, 1.807) is 6.33 Å². The zero-order valence-electron chi connectivity index (χ0n) is 16.9. The molecule has 4 aromatic rings. The van der Waals surface area contributed by atoms with Crippen LogP contribution in [-0.4, -0.2) is 70.8 Å². The summed E-state index contributed by atoms with van der Waals surface area (Å²) in [6.45, 7) is 3.22. The molecule has 2 aromatic carbocycles. The average molecular weight is 422 g/mol. The van der Waals surface area contributed by atoms with Crippen molar-refractivity contribution in [3.8, 4) is 16.8 Å². The van der Waals surface area contributed by atoms with Gasteiger partial charge >= 0.3 is 24.8 Å². The molecule has 158 valence electrons. The van der Waals surface area contributed by atoms with Crippen molar-refractivity contribution in [1.82, 2.24) is 14.5 Å². The number of rotatable bonds is 5. The molecule has 1 fully saturated rings. The molecule has 0 radical (unpaired) electrons. The van der Waals surface area contributed by atoms with Crippen LogP contribution < -0.4 is 4.90 Å². The van der Waals surface area contributed by atoms with Crippen LogP contribution in [0.1, 0.15) is 5.56 Å². The first kappa shape index (κ1) is 22.1. The zero-order chi connectivity index (χ0) is 21.2. The van der Waals surface area contributed by atoms with Crippen LogP contribution >= 0.6 is 0 Å². The van der Waals surface area contributed by atoms with Gasteiger partial charge in [-0.2, -0.15) is 0 Å². The zero-order valence-corrected chi connectivity index (χ0v) is 16.9. The van der Waals surface area contributed by atoms with Gasteiger partial charge in [-0.05, 0) is 47.5 Å². The standard InChI is InChI=1S/C24H22N4O3.Li.H/c29-24(30)13-17-1-5-20(6-2-17)28-16-26-21-14-18(3-7-22(21)28)19-4-8-23(25-15-19)27-9-11-31-12-10-27;;/h1-8,14-16H,9-13H2,(H,29,30);;. The van der Waals surface area contributed by atoms with Gasteiger partial charge in [-0.3, -0.25) is 9.36 Å². The maximum atomic E-state index is 10.9. The fourth-order valence-electron chi connectivity index (χ4n) is 3.88. The SMILES string of the molecule is O=C(O)Cc1ccc(-n2cnc3cc(-c4ccc(N5CCOCC5)nc4)ccc32)cc1.[LiH]. The molecule has 7 nitrogen and oxygen atoms in total. The van der Waals surface area contributed by atoms with E-state index in [0.717, 1.165) is 65.5 Å². The summed E-state index contributed by atoms with van der Waals surface area (Å²) in [5.41, 5.74) is 5.72. The van der Waals surface area contributed by atoms with Gasteiger partial charge in [-0.25, -0.2) is 9.97 Å². The van der Waals surface area contributed by atoms with Crippen LogP contribution in [0.25, 0.3) is 27.8 Å². The van der Waals surface area contributed by atoms with E-state index in [9.17, 15) is 4.79 Å². The van der Waals surface area contributed by atoms with Gasteiger partial charge in [0.15, 0.2) is 0 Å². The van der Waals surface area contributed by atoms with E-state index in [0.29, 0.717) is 0 Å². The number of fused-ring (bicyclic) bond motifs is 1. The van der Waals surface area contributed by atoms with Gasteiger partial charge in [-0.1, -0.05) is 18.2 Å². The average Bonchev–Trinajstić information content (AvgIpc) is 3.23. The van der Waals surface area contributed by atoms with E-state index in [2.05, 4.69) is 45.2 Å². The summed E-state index contributed by atoms with van der Waals surface area (Å²) in [7, 11) is 0. The van der Waals surface area contributed by atoms with E-state index >= 15 is 0 Å². The number of anilines is 1. The van der Waals surface area contributed by atoms with Crippen molar-refractivity contribution in [3.05, 3.63) is 72.7 Å². The predicted molar refractivity (Wildman–Crippen MR) is 126 cm³/mol. The first-order valence-electron chi connectivity index (χ1n) is 10.2. The van der Waals surface area contributed by atoms with Crippen LogP contribution in [0.4, 0.5) is 5.82 Å². The molecule has 8 heteroatoms. The molecule has 1 N–H and O–H groups in total. The molecule has 3 heterocycles. The normalized spacial score (nSPS) is 13.7. The van der Waals surface area contributed by atoms with Crippen molar-refractivity contribution in [2.45, 2.75) is 6.42 Å². The number of aliphatic carboxylic acids is 1. The van der Waals surface area contributed by atoms with Crippen LogP contribution in [-0.2, 0) is 16.0 Å². The van der Waals surface area contributed by atoms with Gasteiger partial charge in [0.1, 0.15) is 12.1 Å². The minimum atomic E-state index is -0.833. The summed E-state index contributed by atoms with van der Waals surface area (Å²) >= 11 is 0. The second-order valence-electron chi connectivity index (χ2n) is 7.56. The summed E-state index contributed by atoms with van der Waals surface area (Å²) in [5.74, 6) is 0.143. The van der Waals surface area contributed by atoms with Crippen molar-refractivity contribution < 1.29 is 14.6 Å². The topological polar surface area (TPSA) is 80.5 Å². The number of pyridine rings is 1. The van der Waals surface area contributed by atoms with E-state index in [-0.39, 0.29) is 25.3 Å². The van der Waals surface area contributed by atoms with E-state index < -0.39 is 5.97 Å². The van der Waals surface area contributed by atoms with Gasteiger partial charge in [0.05, 0.1) is 30.7 Å². The number of carboxylic acids is 1. The monoisotopic (exact) mass is 422 g/mol. The number of benzene rings is 2. The van der Waals surface area contributed by atoms with E-state index in [1.165, 1.54) is 0 Å². The van der Waals surface area contributed by atoms with E-state index in [1.807, 2.05) is 35.0 Å². The molecule has 2 aromatic heterocycles. The Bertz CT molecular complexity index is 1220. The van der Waals surface area contributed by atoms with Crippen molar-refractivity contribution in [3.63, 3.8) is 0 Å². The molecular formula is C24H23LiN4O3. The Kier molecular flexibility index (Phi) is 6.61. The van der Waals surface area contributed by atoms with Crippen LogP contribution in [0.15, 0.2) is 67.1 Å². The number of morpholine rings is 1. The third-order valence-electron chi connectivity index (χ3n) is 5.53. The van der Waals surface area contributed by atoms with Crippen molar-refractivity contribution in [1.29, 1.82) is 0 Å². The summed E-state index contributed by atoms with van der Waals surface area (Å²) < 4.78 is 7.41. The summed E-state index contributed by atoms with van der Waals surface area (Å²) in [5, 5.41) is 8.94. The Labute approximate surface area is 197 Å². The second-order valence-corrected chi connectivity index (χ2v) is 7.56. The van der Waals surface area contributed by atoms with Gasteiger partial charge in [0.2, 0.25) is 0 Å². The molecule has 0 saturated carbocycles. The minimum absolute atomic E-state index is 0. The Morgan fingerprint density at radius 1 is 0.969 bits per heavy atom. The third-order valence-corrected chi connectivity index (χ3v) is 5.53. The Morgan fingerprint density at radius 3 is 2.41 bits per heavy atom. The van der Waals surface area contributed by atoms with Crippen LogP contribution in [0.3, 0.4) is 0 Å². The number of hydrogen-bond acceptors (Lipinski definition) is 5. The molecule has 1 aliphatic heterocycles. The number of carbonyl (C=O) groups is 1. The molecule has 0 unspecified atom stereocenters. The predicted octanol–water partition coefficient (Wildman–Crippen LogP) is 2.90. The van der Waals surface area contributed by atoms with Gasteiger partial charge in [-0.15, -0.1) is 0 Å². The maximum absolute atomic E-state index is 10.9. The number of nitrogens with zero attached hydrogens (tertiary/aromatic N) is 4. The molecule has 0 aliphatic carbocycles. The molecule has 32 heavy (non-hydrogen) atoms. The summed E-state index contributed by atoms with van der Waals surface area (Å²) in [6, 6.07) is 17.9. The Morgan fingerprint density at radius 2 is 1.72 bits per heavy atom. The van der Waals surface area contributed by atoms with E-state index in [4.69, 9.17) is 9.84 Å². The Hall–Kier alpha value is -3.11. The third kappa shape index (κ3) is 4.56.